The molecule has 1 heterocycles. The Labute approximate surface area is 94.5 Å². The molecule has 0 aliphatic heterocycles. The summed E-state index contributed by atoms with van der Waals surface area (Å²) in [4.78, 5) is 15.6. The summed E-state index contributed by atoms with van der Waals surface area (Å²) in [6.45, 7) is 4.11. The van der Waals surface area contributed by atoms with E-state index in [2.05, 4.69) is 10.3 Å². The van der Waals surface area contributed by atoms with E-state index >= 15 is 0 Å². The molecule has 1 aromatic rings. The van der Waals surface area contributed by atoms with Crippen molar-refractivity contribution >= 4 is 5.91 Å². The topological polar surface area (TPSA) is 71.5 Å². The number of rotatable bonds is 5. The van der Waals surface area contributed by atoms with E-state index < -0.39 is 6.10 Å². The van der Waals surface area contributed by atoms with Gasteiger partial charge in [0.15, 0.2) is 11.4 Å². The van der Waals surface area contributed by atoms with Gasteiger partial charge in [-0.25, -0.2) is 4.98 Å². The Morgan fingerprint density at radius 2 is 2.44 bits per heavy atom. The molecule has 0 fully saturated rings. The van der Waals surface area contributed by atoms with Crippen LogP contribution in [0.15, 0.2) is 18.3 Å². The minimum Gasteiger partial charge on any atom is -0.491 e. The molecule has 0 saturated heterocycles. The van der Waals surface area contributed by atoms with E-state index in [1.807, 2.05) is 6.92 Å². The number of nitrogens with zero attached hydrogens (tertiary/aromatic N) is 1. The van der Waals surface area contributed by atoms with Gasteiger partial charge in [0.05, 0.1) is 12.7 Å². The lowest BCUT2D eigenvalue weighted by Gasteiger charge is -2.10. The summed E-state index contributed by atoms with van der Waals surface area (Å²) in [6, 6.07) is 3.39. The second-order valence-electron chi connectivity index (χ2n) is 3.34. The number of aliphatic hydroxyl groups is 1. The lowest BCUT2D eigenvalue weighted by molar-refractivity contribution is 0.0915. The summed E-state index contributed by atoms with van der Waals surface area (Å²) < 4.78 is 5.28. The molecule has 0 aliphatic rings. The first-order valence-corrected chi connectivity index (χ1v) is 5.19. The Balaban J connectivity index is 2.73. The summed E-state index contributed by atoms with van der Waals surface area (Å²) in [7, 11) is 0. The lowest BCUT2D eigenvalue weighted by Crippen LogP contribution is -2.31. The summed E-state index contributed by atoms with van der Waals surface area (Å²) >= 11 is 0. The monoisotopic (exact) mass is 224 g/mol. The highest BCUT2D eigenvalue weighted by molar-refractivity contribution is 5.94. The maximum absolute atomic E-state index is 11.7. The van der Waals surface area contributed by atoms with Gasteiger partial charge in [-0.2, -0.15) is 0 Å². The maximum atomic E-state index is 11.7. The molecular formula is C11H16N2O3. The summed E-state index contributed by atoms with van der Waals surface area (Å²) in [6.07, 6.45) is 0.947. The summed E-state index contributed by atoms with van der Waals surface area (Å²) in [5.74, 6) is 0.109. The van der Waals surface area contributed by atoms with Crippen LogP contribution < -0.4 is 10.1 Å². The van der Waals surface area contributed by atoms with Gasteiger partial charge in [-0.3, -0.25) is 4.79 Å². The molecule has 1 unspecified atom stereocenters. The number of nitrogens with one attached hydrogen (secondary N) is 1. The van der Waals surface area contributed by atoms with Gasteiger partial charge in [0.2, 0.25) is 0 Å². The van der Waals surface area contributed by atoms with Crippen molar-refractivity contribution in [2.45, 2.75) is 20.0 Å². The van der Waals surface area contributed by atoms with Crippen LogP contribution in [0, 0.1) is 0 Å². The minimum absolute atomic E-state index is 0.195. The summed E-state index contributed by atoms with van der Waals surface area (Å²) in [5, 5.41) is 11.6. The Kier molecular flexibility index (Phi) is 4.72. The fraction of sp³-hybridized carbons (Fsp3) is 0.455. The van der Waals surface area contributed by atoms with E-state index in [4.69, 9.17) is 9.84 Å². The van der Waals surface area contributed by atoms with E-state index in [-0.39, 0.29) is 18.1 Å². The van der Waals surface area contributed by atoms with Crippen molar-refractivity contribution in [3.8, 4) is 5.75 Å². The van der Waals surface area contributed by atoms with E-state index in [1.54, 1.807) is 19.1 Å². The predicted molar refractivity (Wildman–Crippen MR) is 59.4 cm³/mol. The van der Waals surface area contributed by atoms with Crippen LogP contribution in [0.1, 0.15) is 24.3 Å². The Morgan fingerprint density at radius 3 is 3.06 bits per heavy atom. The largest absolute Gasteiger partial charge is 0.491 e. The quantitative estimate of drug-likeness (QED) is 0.768. The number of carbonyl (C=O) groups excluding carboxylic acids is 1. The predicted octanol–water partition coefficient (Wildman–Crippen LogP) is 0.591. The van der Waals surface area contributed by atoms with Crippen molar-refractivity contribution in [1.82, 2.24) is 10.3 Å². The van der Waals surface area contributed by atoms with Gasteiger partial charge in [0, 0.05) is 12.7 Å². The Bertz CT molecular complexity index is 353. The van der Waals surface area contributed by atoms with E-state index in [1.165, 1.54) is 6.20 Å². The number of ether oxygens (including phenoxy) is 1. The number of carbonyl (C=O) groups is 1. The fourth-order valence-corrected chi connectivity index (χ4v) is 1.16. The molecule has 2 N–H and O–H groups in total. The van der Waals surface area contributed by atoms with Crippen LogP contribution in [0.25, 0.3) is 0 Å². The number of aromatic nitrogens is 1. The molecule has 16 heavy (non-hydrogen) atoms. The van der Waals surface area contributed by atoms with Crippen LogP contribution in [0.5, 0.6) is 5.75 Å². The molecule has 0 aliphatic carbocycles. The molecule has 1 aromatic heterocycles. The van der Waals surface area contributed by atoms with Crippen LogP contribution >= 0.6 is 0 Å². The van der Waals surface area contributed by atoms with Gasteiger partial charge in [-0.15, -0.1) is 0 Å². The molecule has 1 amide bonds. The third-order valence-electron chi connectivity index (χ3n) is 1.84. The zero-order valence-corrected chi connectivity index (χ0v) is 9.43. The van der Waals surface area contributed by atoms with Gasteiger partial charge >= 0.3 is 0 Å². The zero-order chi connectivity index (χ0) is 12.0. The highest BCUT2D eigenvalue weighted by Crippen LogP contribution is 2.14. The molecular weight excluding hydrogens is 208 g/mol. The van der Waals surface area contributed by atoms with Crippen molar-refractivity contribution in [2.24, 2.45) is 0 Å². The average molecular weight is 224 g/mol. The van der Waals surface area contributed by atoms with Crippen LogP contribution in [0.4, 0.5) is 0 Å². The number of hydrogen-bond donors (Lipinski definition) is 2. The van der Waals surface area contributed by atoms with Crippen molar-refractivity contribution in [3.63, 3.8) is 0 Å². The molecule has 5 nitrogen and oxygen atoms in total. The van der Waals surface area contributed by atoms with Crippen LogP contribution in [-0.4, -0.2) is 35.3 Å². The Morgan fingerprint density at radius 1 is 1.69 bits per heavy atom. The molecule has 0 radical (unpaired) electrons. The number of aliphatic hydroxyl groups excluding tert-OH is 1. The third-order valence-corrected chi connectivity index (χ3v) is 1.84. The standard InChI is InChI=1S/C11H16N2O3/c1-3-16-9-5-4-6-12-10(9)11(15)13-7-8(2)14/h4-6,8,14H,3,7H2,1-2H3,(H,13,15). The number of amides is 1. The van der Waals surface area contributed by atoms with Gasteiger partial charge in [0.1, 0.15) is 0 Å². The smallest absolute Gasteiger partial charge is 0.273 e. The SMILES string of the molecule is CCOc1cccnc1C(=O)NCC(C)O. The lowest BCUT2D eigenvalue weighted by atomic mass is 10.3. The van der Waals surface area contributed by atoms with Gasteiger partial charge in [0.25, 0.3) is 5.91 Å². The minimum atomic E-state index is -0.580. The first-order chi connectivity index (χ1) is 7.65. The highest BCUT2D eigenvalue weighted by atomic mass is 16.5. The molecule has 1 rings (SSSR count). The second-order valence-corrected chi connectivity index (χ2v) is 3.34. The molecule has 0 spiro atoms. The molecule has 5 heteroatoms. The van der Waals surface area contributed by atoms with E-state index in [0.717, 1.165) is 0 Å². The average Bonchev–Trinajstić information content (AvgIpc) is 2.27. The first-order valence-electron chi connectivity index (χ1n) is 5.19. The maximum Gasteiger partial charge on any atom is 0.273 e. The van der Waals surface area contributed by atoms with E-state index in [9.17, 15) is 4.79 Å². The molecule has 0 aromatic carbocycles. The zero-order valence-electron chi connectivity index (χ0n) is 9.43. The van der Waals surface area contributed by atoms with Crippen molar-refractivity contribution in [3.05, 3.63) is 24.0 Å². The van der Waals surface area contributed by atoms with E-state index in [0.29, 0.717) is 12.4 Å². The van der Waals surface area contributed by atoms with Crippen LogP contribution in [0.2, 0.25) is 0 Å². The van der Waals surface area contributed by atoms with Gasteiger partial charge in [-0.1, -0.05) is 0 Å². The highest BCUT2D eigenvalue weighted by Gasteiger charge is 2.13. The fourth-order valence-electron chi connectivity index (χ4n) is 1.16. The van der Waals surface area contributed by atoms with Gasteiger partial charge < -0.3 is 15.2 Å². The molecule has 1 atom stereocenters. The van der Waals surface area contributed by atoms with Crippen LogP contribution in [-0.2, 0) is 0 Å². The molecule has 0 bridgehead atoms. The van der Waals surface area contributed by atoms with Crippen molar-refractivity contribution < 1.29 is 14.6 Å². The molecule has 0 saturated carbocycles. The number of hydrogen-bond acceptors (Lipinski definition) is 4. The Hall–Kier alpha value is -1.62. The normalized spacial score (nSPS) is 11.9. The second kappa shape index (κ2) is 6.07. The van der Waals surface area contributed by atoms with Crippen LogP contribution in [0.3, 0.4) is 0 Å². The van der Waals surface area contributed by atoms with Crippen molar-refractivity contribution in [2.75, 3.05) is 13.2 Å². The first kappa shape index (κ1) is 12.4. The third kappa shape index (κ3) is 3.51. The van der Waals surface area contributed by atoms with Crippen molar-refractivity contribution in [1.29, 1.82) is 0 Å². The summed E-state index contributed by atoms with van der Waals surface area (Å²) in [5.41, 5.74) is 0.241. The van der Waals surface area contributed by atoms with Gasteiger partial charge in [-0.05, 0) is 26.0 Å². The molecule has 88 valence electrons. The number of pyridine rings is 1.